The fourth-order valence-electron chi connectivity index (χ4n) is 2.07. The largest absolute Gasteiger partial charge is 0.445 e. The maximum atomic E-state index is 13.0. The number of benzene rings is 1. The summed E-state index contributed by atoms with van der Waals surface area (Å²) < 4.78 is 18.0. The minimum Gasteiger partial charge on any atom is -0.445 e. The fraction of sp³-hybridized carbons (Fsp3) is 0.294. The van der Waals surface area contributed by atoms with Crippen LogP contribution >= 0.6 is 11.6 Å². The van der Waals surface area contributed by atoms with Gasteiger partial charge in [-0.3, -0.25) is 0 Å². The van der Waals surface area contributed by atoms with Gasteiger partial charge in [0.05, 0.1) is 11.1 Å². The van der Waals surface area contributed by atoms with Crippen LogP contribution in [0.2, 0.25) is 5.02 Å². The van der Waals surface area contributed by atoms with Crippen LogP contribution in [-0.4, -0.2) is 33.9 Å². The Bertz CT molecular complexity index is 702. The zero-order valence-electron chi connectivity index (χ0n) is 13.2. The Balaban J connectivity index is 1.72. The number of carbonyl (C=O) groups is 1. The summed E-state index contributed by atoms with van der Waals surface area (Å²) in [5, 5.41) is 22.2. The van der Waals surface area contributed by atoms with Crippen molar-refractivity contribution in [1.82, 2.24) is 10.3 Å². The highest BCUT2D eigenvalue weighted by atomic mass is 35.5. The molecule has 2 rings (SSSR count). The number of pyridine rings is 1. The molecule has 1 aromatic carbocycles. The molecule has 0 bridgehead atoms. The number of aliphatic hydroxyl groups excluding tert-OH is 2. The molecular formula is C17H18ClFN2O4. The van der Waals surface area contributed by atoms with Gasteiger partial charge in [-0.2, -0.15) is 4.39 Å². The number of nitrogens with one attached hydrogen (secondary N) is 1. The van der Waals surface area contributed by atoms with Crippen molar-refractivity contribution in [3.63, 3.8) is 0 Å². The number of nitrogens with zero attached hydrogens (tertiary/aromatic N) is 1. The second-order valence-electron chi connectivity index (χ2n) is 5.33. The van der Waals surface area contributed by atoms with Crippen molar-refractivity contribution in [2.24, 2.45) is 0 Å². The van der Waals surface area contributed by atoms with Gasteiger partial charge in [0.2, 0.25) is 5.95 Å². The summed E-state index contributed by atoms with van der Waals surface area (Å²) in [6, 6.07) is 10.4. The molecule has 0 aliphatic rings. The van der Waals surface area contributed by atoms with Crippen molar-refractivity contribution < 1.29 is 24.1 Å². The summed E-state index contributed by atoms with van der Waals surface area (Å²) in [6.07, 6.45) is -1.95. The van der Waals surface area contributed by atoms with E-state index in [-0.39, 0.29) is 30.2 Å². The van der Waals surface area contributed by atoms with Gasteiger partial charge in [0.25, 0.3) is 0 Å². The Morgan fingerprint density at radius 3 is 2.72 bits per heavy atom. The molecule has 0 aliphatic heterocycles. The molecule has 0 saturated heterocycles. The minimum atomic E-state index is -1.30. The Labute approximate surface area is 149 Å². The third-order valence-electron chi connectivity index (χ3n) is 3.45. The molecule has 1 heterocycles. The second-order valence-corrected chi connectivity index (χ2v) is 5.74. The Morgan fingerprint density at radius 1 is 1.32 bits per heavy atom. The molecule has 3 N–H and O–H groups in total. The highest BCUT2D eigenvalue weighted by molar-refractivity contribution is 6.30. The van der Waals surface area contributed by atoms with Gasteiger partial charge < -0.3 is 20.3 Å². The molecular weight excluding hydrogens is 351 g/mol. The van der Waals surface area contributed by atoms with Gasteiger partial charge in [-0.1, -0.05) is 41.9 Å². The number of alkyl carbamates (subject to hydrolysis) is 1. The summed E-state index contributed by atoms with van der Waals surface area (Å²) in [5.74, 6) is -0.852. The number of carbonyl (C=O) groups excluding carboxylic acids is 1. The molecule has 6 nitrogen and oxygen atoms in total. The number of aliphatic hydroxyl groups is 2. The van der Waals surface area contributed by atoms with E-state index in [1.807, 2.05) is 30.3 Å². The predicted molar refractivity (Wildman–Crippen MR) is 89.4 cm³/mol. The zero-order valence-corrected chi connectivity index (χ0v) is 14.0. The van der Waals surface area contributed by atoms with Crippen LogP contribution in [0.15, 0.2) is 42.6 Å². The van der Waals surface area contributed by atoms with Crippen LogP contribution in [0.5, 0.6) is 0 Å². The molecule has 25 heavy (non-hydrogen) atoms. The van der Waals surface area contributed by atoms with E-state index in [1.54, 1.807) is 0 Å². The normalized spacial score (nSPS) is 13.1. The lowest BCUT2D eigenvalue weighted by Crippen LogP contribution is -2.29. The summed E-state index contributed by atoms with van der Waals surface area (Å²) in [6.45, 7) is 0.228. The lowest BCUT2D eigenvalue weighted by molar-refractivity contribution is 0.0134. The van der Waals surface area contributed by atoms with Gasteiger partial charge in [0.15, 0.2) is 0 Å². The highest BCUT2D eigenvalue weighted by Crippen LogP contribution is 2.22. The summed E-state index contributed by atoms with van der Waals surface area (Å²) in [4.78, 5) is 15.0. The number of ether oxygens (including phenoxy) is 1. The van der Waals surface area contributed by atoms with Crippen molar-refractivity contribution >= 4 is 17.7 Å². The molecule has 2 unspecified atom stereocenters. The predicted octanol–water partition coefficient (Wildman–Crippen LogP) is 2.58. The van der Waals surface area contributed by atoms with Gasteiger partial charge in [0, 0.05) is 18.3 Å². The van der Waals surface area contributed by atoms with Crippen molar-refractivity contribution in [1.29, 1.82) is 0 Å². The van der Waals surface area contributed by atoms with Crippen LogP contribution in [0, 0.1) is 5.95 Å². The van der Waals surface area contributed by atoms with E-state index in [4.69, 9.17) is 16.3 Å². The smallest absolute Gasteiger partial charge is 0.407 e. The number of aromatic nitrogens is 1. The first-order chi connectivity index (χ1) is 12.0. The Hall–Kier alpha value is -2.22. The SMILES string of the molecule is O=C(NCCC(O)C(O)c1cnc(F)c(Cl)c1)OCc1ccccc1. The van der Waals surface area contributed by atoms with Crippen molar-refractivity contribution in [3.8, 4) is 0 Å². The van der Waals surface area contributed by atoms with Crippen LogP contribution in [0.3, 0.4) is 0 Å². The van der Waals surface area contributed by atoms with E-state index in [0.29, 0.717) is 0 Å². The van der Waals surface area contributed by atoms with Crippen LogP contribution in [0.1, 0.15) is 23.7 Å². The molecule has 2 aromatic rings. The lowest BCUT2D eigenvalue weighted by Gasteiger charge is -2.18. The standard InChI is InChI=1S/C17H18ClFN2O4/c18-13-8-12(9-21-16(13)19)15(23)14(22)6-7-20-17(24)25-10-11-4-2-1-3-5-11/h1-5,8-9,14-15,22-23H,6-7,10H2,(H,20,24). The number of rotatable bonds is 7. The Morgan fingerprint density at radius 2 is 2.04 bits per heavy atom. The first-order valence-electron chi connectivity index (χ1n) is 7.59. The molecule has 2 atom stereocenters. The highest BCUT2D eigenvalue weighted by Gasteiger charge is 2.20. The second kappa shape index (κ2) is 9.31. The average molecular weight is 369 g/mol. The Kier molecular flexibility index (Phi) is 7.12. The zero-order chi connectivity index (χ0) is 18.2. The van der Waals surface area contributed by atoms with Crippen LogP contribution in [0.4, 0.5) is 9.18 Å². The van der Waals surface area contributed by atoms with Gasteiger partial charge in [-0.15, -0.1) is 0 Å². The van der Waals surface area contributed by atoms with E-state index in [9.17, 15) is 19.4 Å². The first kappa shape index (κ1) is 19.1. The number of hydrogen-bond acceptors (Lipinski definition) is 5. The first-order valence-corrected chi connectivity index (χ1v) is 7.97. The molecule has 0 aliphatic carbocycles. The third kappa shape index (κ3) is 5.97. The minimum absolute atomic E-state index is 0.0661. The molecule has 1 amide bonds. The van der Waals surface area contributed by atoms with Crippen molar-refractivity contribution in [3.05, 3.63) is 64.7 Å². The van der Waals surface area contributed by atoms with Gasteiger partial charge in [-0.05, 0) is 18.1 Å². The fourth-order valence-corrected chi connectivity index (χ4v) is 2.25. The van der Waals surface area contributed by atoms with Gasteiger partial charge >= 0.3 is 6.09 Å². The summed E-state index contributed by atoms with van der Waals surface area (Å²) >= 11 is 5.59. The van der Waals surface area contributed by atoms with Crippen LogP contribution < -0.4 is 5.32 Å². The van der Waals surface area contributed by atoms with E-state index in [2.05, 4.69) is 10.3 Å². The topological polar surface area (TPSA) is 91.7 Å². The van der Waals surface area contributed by atoms with E-state index in [0.717, 1.165) is 11.8 Å². The monoisotopic (exact) mass is 368 g/mol. The van der Waals surface area contributed by atoms with Crippen LogP contribution in [-0.2, 0) is 11.3 Å². The van der Waals surface area contributed by atoms with Crippen molar-refractivity contribution in [2.45, 2.75) is 25.2 Å². The molecule has 0 saturated carbocycles. The maximum Gasteiger partial charge on any atom is 0.407 e. The number of halogens is 2. The quantitative estimate of drug-likeness (QED) is 0.653. The lowest BCUT2D eigenvalue weighted by atomic mass is 10.0. The summed E-state index contributed by atoms with van der Waals surface area (Å²) in [5.41, 5.74) is 1.04. The molecule has 0 radical (unpaired) electrons. The van der Waals surface area contributed by atoms with Crippen LogP contribution in [0.25, 0.3) is 0 Å². The van der Waals surface area contributed by atoms with E-state index < -0.39 is 24.2 Å². The average Bonchev–Trinajstić information content (AvgIpc) is 2.62. The molecule has 1 aromatic heterocycles. The van der Waals surface area contributed by atoms with Gasteiger partial charge in [-0.25, -0.2) is 9.78 Å². The molecule has 0 spiro atoms. The van der Waals surface area contributed by atoms with Gasteiger partial charge in [0.1, 0.15) is 12.7 Å². The van der Waals surface area contributed by atoms with Crippen molar-refractivity contribution in [2.75, 3.05) is 6.54 Å². The van der Waals surface area contributed by atoms with E-state index >= 15 is 0 Å². The van der Waals surface area contributed by atoms with E-state index in [1.165, 1.54) is 6.07 Å². The number of amides is 1. The number of hydrogen-bond donors (Lipinski definition) is 3. The molecule has 8 heteroatoms. The summed E-state index contributed by atoms with van der Waals surface area (Å²) in [7, 11) is 0. The molecule has 134 valence electrons. The molecule has 0 fully saturated rings. The maximum absolute atomic E-state index is 13.0. The third-order valence-corrected chi connectivity index (χ3v) is 3.71.